The molecule has 1 aliphatic carbocycles. The minimum absolute atomic E-state index is 0.295. The molecular weight excluding hydrogens is 186 g/mol. The second-order valence-electron chi connectivity index (χ2n) is 5.67. The molecule has 0 saturated heterocycles. The average Bonchev–Trinajstić information content (AvgIpc) is 2.17. The summed E-state index contributed by atoms with van der Waals surface area (Å²) in [5.41, 5.74) is 0.295. The Balaban J connectivity index is 2.37. The van der Waals surface area contributed by atoms with Gasteiger partial charge in [0.15, 0.2) is 0 Å². The normalized spacial score (nSPS) is 28.4. The topological polar surface area (TPSA) is 12.5 Å². The third kappa shape index (κ3) is 3.76. The molecule has 2 heteroatoms. The summed E-state index contributed by atoms with van der Waals surface area (Å²) in [5.74, 6) is 0. The van der Waals surface area contributed by atoms with Crippen LogP contribution in [-0.2, 0) is 4.74 Å². The first-order valence-corrected chi connectivity index (χ1v) is 6.29. The molecule has 15 heavy (non-hydrogen) atoms. The van der Waals surface area contributed by atoms with Gasteiger partial charge in [0, 0.05) is 18.2 Å². The summed E-state index contributed by atoms with van der Waals surface area (Å²) < 4.78 is 5.68. The Hall–Kier alpha value is -0.0800. The van der Waals surface area contributed by atoms with Gasteiger partial charge in [-0.25, -0.2) is 0 Å². The average molecular weight is 213 g/mol. The number of hydrogen-bond donors (Lipinski definition) is 0. The molecular formula is C13H27NO. The highest BCUT2D eigenvalue weighted by Crippen LogP contribution is 2.28. The monoisotopic (exact) mass is 213 g/mol. The minimum Gasteiger partial charge on any atom is -0.379 e. The van der Waals surface area contributed by atoms with E-state index in [-0.39, 0.29) is 0 Å². The number of rotatable bonds is 3. The summed E-state index contributed by atoms with van der Waals surface area (Å²) in [5, 5.41) is 0. The highest BCUT2D eigenvalue weighted by molar-refractivity contribution is 4.84. The molecule has 1 aliphatic rings. The van der Waals surface area contributed by atoms with Crippen molar-refractivity contribution in [2.24, 2.45) is 0 Å². The fraction of sp³-hybridized carbons (Fsp3) is 1.00. The van der Waals surface area contributed by atoms with Gasteiger partial charge in [-0.1, -0.05) is 0 Å². The lowest BCUT2D eigenvalue weighted by atomic mass is 9.89. The first-order chi connectivity index (χ1) is 6.95. The van der Waals surface area contributed by atoms with Crippen LogP contribution >= 0.6 is 0 Å². The smallest absolute Gasteiger partial charge is 0.0576 e. The molecule has 90 valence electrons. The minimum atomic E-state index is 0.295. The van der Waals surface area contributed by atoms with Gasteiger partial charge in [-0.2, -0.15) is 0 Å². The van der Waals surface area contributed by atoms with Crippen molar-refractivity contribution in [1.29, 1.82) is 0 Å². The number of hydrogen-bond acceptors (Lipinski definition) is 2. The lowest BCUT2D eigenvalue weighted by Crippen LogP contribution is -2.47. The SMILES string of the molecule is CCOC1CCC(N(C)C(C)(C)C)CC1. The van der Waals surface area contributed by atoms with Crippen molar-refractivity contribution in [1.82, 2.24) is 4.90 Å². The van der Waals surface area contributed by atoms with E-state index in [2.05, 4.69) is 39.6 Å². The van der Waals surface area contributed by atoms with Gasteiger partial charge in [0.25, 0.3) is 0 Å². The predicted molar refractivity (Wildman–Crippen MR) is 65.2 cm³/mol. The maximum Gasteiger partial charge on any atom is 0.0576 e. The molecule has 0 atom stereocenters. The van der Waals surface area contributed by atoms with Crippen LogP contribution < -0.4 is 0 Å². The van der Waals surface area contributed by atoms with Crippen molar-refractivity contribution in [2.75, 3.05) is 13.7 Å². The van der Waals surface area contributed by atoms with Gasteiger partial charge >= 0.3 is 0 Å². The molecule has 0 radical (unpaired) electrons. The Morgan fingerprint density at radius 1 is 1.13 bits per heavy atom. The van der Waals surface area contributed by atoms with Crippen LogP contribution in [0.25, 0.3) is 0 Å². The second kappa shape index (κ2) is 5.31. The predicted octanol–water partition coefficient (Wildman–Crippen LogP) is 3.06. The van der Waals surface area contributed by atoms with E-state index in [0.29, 0.717) is 11.6 Å². The molecule has 0 amide bonds. The van der Waals surface area contributed by atoms with Crippen molar-refractivity contribution in [3.8, 4) is 0 Å². The first kappa shape index (κ1) is 13.0. The highest BCUT2D eigenvalue weighted by Gasteiger charge is 2.29. The van der Waals surface area contributed by atoms with E-state index in [1.807, 2.05) is 0 Å². The Bertz CT molecular complexity index is 177. The zero-order valence-corrected chi connectivity index (χ0v) is 11.0. The van der Waals surface area contributed by atoms with E-state index in [4.69, 9.17) is 4.74 Å². The zero-order valence-electron chi connectivity index (χ0n) is 11.0. The lowest BCUT2D eigenvalue weighted by Gasteiger charge is -2.42. The van der Waals surface area contributed by atoms with Crippen molar-refractivity contribution in [3.63, 3.8) is 0 Å². The van der Waals surface area contributed by atoms with Crippen molar-refractivity contribution in [3.05, 3.63) is 0 Å². The molecule has 0 bridgehead atoms. The Morgan fingerprint density at radius 3 is 2.07 bits per heavy atom. The second-order valence-corrected chi connectivity index (χ2v) is 5.67. The maximum atomic E-state index is 5.68. The van der Waals surface area contributed by atoms with Gasteiger partial charge in [-0.15, -0.1) is 0 Å². The fourth-order valence-electron chi connectivity index (χ4n) is 2.38. The molecule has 0 aromatic heterocycles. The summed E-state index contributed by atoms with van der Waals surface area (Å²) in [4.78, 5) is 2.52. The summed E-state index contributed by atoms with van der Waals surface area (Å²) >= 11 is 0. The summed E-state index contributed by atoms with van der Waals surface area (Å²) in [7, 11) is 2.26. The van der Waals surface area contributed by atoms with Crippen LogP contribution in [0.15, 0.2) is 0 Å². The standard InChI is InChI=1S/C13H27NO/c1-6-15-12-9-7-11(8-10-12)14(5)13(2,3)4/h11-12H,6-10H2,1-5H3. The van der Waals surface area contributed by atoms with Gasteiger partial charge in [0.2, 0.25) is 0 Å². The molecule has 0 N–H and O–H groups in total. The summed E-state index contributed by atoms with van der Waals surface area (Å²) in [6, 6.07) is 0.752. The first-order valence-electron chi connectivity index (χ1n) is 6.29. The molecule has 0 heterocycles. The van der Waals surface area contributed by atoms with Gasteiger partial charge in [-0.3, -0.25) is 4.90 Å². The van der Waals surface area contributed by atoms with Crippen LogP contribution in [-0.4, -0.2) is 36.2 Å². The zero-order chi connectivity index (χ0) is 11.5. The van der Waals surface area contributed by atoms with E-state index in [9.17, 15) is 0 Å². The van der Waals surface area contributed by atoms with E-state index >= 15 is 0 Å². The van der Waals surface area contributed by atoms with Crippen LogP contribution in [0, 0.1) is 0 Å². The molecule has 0 unspecified atom stereocenters. The molecule has 2 nitrogen and oxygen atoms in total. The Kier molecular flexibility index (Phi) is 4.60. The van der Waals surface area contributed by atoms with Crippen molar-refractivity contribution in [2.45, 2.75) is 71.1 Å². The van der Waals surface area contributed by atoms with E-state index in [1.54, 1.807) is 0 Å². The summed E-state index contributed by atoms with van der Waals surface area (Å²) in [6.07, 6.45) is 5.58. The van der Waals surface area contributed by atoms with E-state index < -0.39 is 0 Å². The largest absolute Gasteiger partial charge is 0.379 e. The molecule has 1 saturated carbocycles. The van der Waals surface area contributed by atoms with Crippen LogP contribution in [0.4, 0.5) is 0 Å². The van der Waals surface area contributed by atoms with Gasteiger partial charge in [0.05, 0.1) is 6.10 Å². The van der Waals surface area contributed by atoms with Gasteiger partial charge in [-0.05, 0) is 60.4 Å². The highest BCUT2D eigenvalue weighted by atomic mass is 16.5. The maximum absolute atomic E-state index is 5.68. The quantitative estimate of drug-likeness (QED) is 0.714. The van der Waals surface area contributed by atoms with Crippen molar-refractivity contribution < 1.29 is 4.74 Å². The van der Waals surface area contributed by atoms with Gasteiger partial charge in [0.1, 0.15) is 0 Å². The van der Waals surface area contributed by atoms with E-state index in [0.717, 1.165) is 12.6 Å². The molecule has 1 rings (SSSR count). The molecule has 0 aliphatic heterocycles. The Labute approximate surface area is 95.0 Å². The van der Waals surface area contributed by atoms with Crippen LogP contribution in [0.5, 0.6) is 0 Å². The summed E-state index contributed by atoms with van der Waals surface area (Å²) in [6.45, 7) is 9.84. The van der Waals surface area contributed by atoms with Crippen LogP contribution in [0.2, 0.25) is 0 Å². The third-order valence-electron chi connectivity index (χ3n) is 3.65. The van der Waals surface area contributed by atoms with Gasteiger partial charge < -0.3 is 4.74 Å². The van der Waals surface area contributed by atoms with Crippen LogP contribution in [0.3, 0.4) is 0 Å². The number of ether oxygens (including phenoxy) is 1. The molecule has 0 spiro atoms. The molecule has 0 aromatic rings. The Morgan fingerprint density at radius 2 is 1.67 bits per heavy atom. The molecule has 0 aromatic carbocycles. The molecule has 1 fully saturated rings. The van der Waals surface area contributed by atoms with Crippen LogP contribution in [0.1, 0.15) is 53.4 Å². The third-order valence-corrected chi connectivity index (χ3v) is 3.65. The fourth-order valence-corrected chi connectivity index (χ4v) is 2.38. The lowest BCUT2D eigenvalue weighted by molar-refractivity contribution is 0.00255. The van der Waals surface area contributed by atoms with Crippen molar-refractivity contribution >= 4 is 0 Å². The number of nitrogens with zero attached hydrogens (tertiary/aromatic N) is 1. The van der Waals surface area contributed by atoms with E-state index in [1.165, 1.54) is 25.7 Å².